The number of fused-ring (bicyclic) bond motifs is 10. The van der Waals surface area contributed by atoms with Gasteiger partial charge in [0.05, 0.1) is 22.7 Å². The fourth-order valence-electron chi connectivity index (χ4n) is 13.8. The molecule has 0 atom stereocenters. The van der Waals surface area contributed by atoms with Crippen molar-refractivity contribution in [3.63, 3.8) is 0 Å². The lowest BCUT2D eigenvalue weighted by molar-refractivity contribution is 0.332. The molecule has 2 aromatic heterocycles. The van der Waals surface area contributed by atoms with E-state index in [1.54, 1.807) is 0 Å². The van der Waals surface area contributed by atoms with Crippen LogP contribution in [0.15, 0.2) is 133 Å². The summed E-state index contributed by atoms with van der Waals surface area (Å²) in [5, 5.41) is 2.76. The topological polar surface area (TPSA) is 6.48 Å². The van der Waals surface area contributed by atoms with Gasteiger partial charge in [0.25, 0.3) is 6.71 Å². The predicted octanol–water partition coefficient (Wildman–Crippen LogP) is 19.1. The van der Waals surface area contributed by atoms with Gasteiger partial charge in [-0.05, 0) is 181 Å². The molecule has 0 unspecified atom stereocenters. The molecule has 13 rings (SSSR count). The first-order chi connectivity index (χ1) is 35.8. The van der Waals surface area contributed by atoms with Crippen molar-refractivity contribution in [1.82, 2.24) is 0 Å². The molecular formula is C71H75BN2S2. The number of anilines is 6. The standard InChI is InChI=1S/C71H75BN2S2/c1-42-34-57-61-58(35-42)74(56-29-27-46(67(5,6)7)37-48(56)44-24-20-17-21-25-44)63-50-39-52-54(71(14,15)33-31-69(52,10)11)41-60(50)76-65(63)72(61)64-62(49-38-51-53(40-59(49)75-64)70(12,13)32-30-68(51,8)9)73(57)55-28-26-45(66(2,3)4)36-47(55)43-22-18-16-19-23-43/h16-29,34-41H,30-33H2,1-15H3. The molecule has 2 aliphatic heterocycles. The van der Waals surface area contributed by atoms with Crippen molar-refractivity contribution in [2.45, 2.75) is 162 Å². The van der Waals surface area contributed by atoms with E-state index in [9.17, 15) is 0 Å². The molecule has 4 heterocycles. The smallest absolute Gasteiger partial charge is 0.277 e. The summed E-state index contributed by atoms with van der Waals surface area (Å²) in [5.41, 5.74) is 24.4. The monoisotopic (exact) mass is 1030 g/mol. The van der Waals surface area contributed by atoms with Crippen LogP contribution < -0.4 is 24.8 Å². The number of benzene rings is 7. The minimum absolute atomic E-state index is 0.0250. The molecule has 0 fully saturated rings. The Kier molecular flexibility index (Phi) is 10.8. The molecule has 2 aliphatic carbocycles. The van der Waals surface area contributed by atoms with Crippen LogP contribution in [0.5, 0.6) is 0 Å². The first-order valence-electron chi connectivity index (χ1n) is 28.2. The second-order valence-electron chi connectivity index (χ2n) is 28.0. The van der Waals surface area contributed by atoms with Crippen molar-refractivity contribution in [3.05, 3.63) is 172 Å². The Morgan fingerprint density at radius 2 is 0.776 bits per heavy atom. The van der Waals surface area contributed by atoms with Crippen LogP contribution in [0, 0.1) is 6.92 Å². The van der Waals surface area contributed by atoms with E-state index in [2.05, 4.69) is 270 Å². The molecule has 384 valence electrons. The van der Waals surface area contributed by atoms with Crippen molar-refractivity contribution < 1.29 is 0 Å². The van der Waals surface area contributed by atoms with Crippen LogP contribution in [0.1, 0.15) is 162 Å². The van der Waals surface area contributed by atoms with Crippen LogP contribution >= 0.6 is 22.7 Å². The molecule has 0 radical (unpaired) electrons. The molecule has 4 aliphatic rings. The number of aryl methyl sites for hydroxylation is 1. The summed E-state index contributed by atoms with van der Waals surface area (Å²) in [4.78, 5) is 5.50. The highest BCUT2D eigenvalue weighted by atomic mass is 32.1. The van der Waals surface area contributed by atoms with Gasteiger partial charge in [0, 0.05) is 52.2 Å². The minimum Gasteiger partial charge on any atom is -0.309 e. The fourth-order valence-corrected chi connectivity index (χ4v) is 16.6. The molecular weight excluding hydrogens is 956 g/mol. The highest BCUT2D eigenvalue weighted by molar-refractivity contribution is 7.40. The quantitative estimate of drug-likeness (QED) is 0.162. The van der Waals surface area contributed by atoms with Gasteiger partial charge in [-0.1, -0.05) is 170 Å². The lowest BCUT2D eigenvalue weighted by Gasteiger charge is -2.44. The highest BCUT2D eigenvalue weighted by Crippen LogP contribution is 2.57. The summed E-state index contributed by atoms with van der Waals surface area (Å²) in [5.74, 6) is 0. The van der Waals surface area contributed by atoms with Crippen molar-refractivity contribution in [2.75, 3.05) is 9.80 Å². The molecule has 2 nitrogen and oxygen atoms in total. The zero-order chi connectivity index (χ0) is 53.4. The van der Waals surface area contributed by atoms with E-state index < -0.39 is 0 Å². The summed E-state index contributed by atoms with van der Waals surface area (Å²) in [7, 11) is 0. The zero-order valence-electron chi connectivity index (χ0n) is 47.8. The summed E-state index contributed by atoms with van der Waals surface area (Å²) in [6, 6.07) is 52.9. The average molecular weight is 1030 g/mol. The molecule has 76 heavy (non-hydrogen) atoms. The van der Waals surface area contributed by atoms with Gasteiger partial charge in [0.2, 0.25) is 0 Å². The summed E-state index contributed by atoms with van der Waals surface area (Å²) in [6.45, 7) is 36.4. The number of rotatable bonds is 4. The largest absolute Gasteiger partial charge is 0.309 e. The summed E-state index contributed by atoms with van der Waals surface area (Å²) >= 11 is 4.14. The summed E-state index contributed by atoms with van der Waals surface area (Å²) < 4.78 is 5.69. The molecule has 0 N–H and O–H groups in total. The van der Waals surface area contributed by atoms with Crippen molar-refractivity contribution >= 4 is 98.7 Å². The Morgan fingerprint density at radius 3 is 1.13 bits per heavy atom. The molecule has 0 saturated heterocycles. The molecule has 7 aromatic carbocycles. The van der Waals surface area contributed by atoms with Gasteiger partial charge in [0.15, 0.2) is 0 Å². The molecule has 5 heteroatoms. The first-order valence-corrected chi connectivity index (χ1v) is 29.8. The van der Waals surface area contributed by atoms with Crippen molar-refractivity contribution in [2.24, 2.45) is 0 Å². The zero-order valence-corrected chi connectivity index (χ0v) is 49.5. The van der Waals surface area contributed by atoms with Crippen LogP contribution in [0.4, 0.5) is 34.1 Å². The van der Waals surface area contributed by atoms with Gasteiger partial charge in [-0.3, -0.25) is 0 Å². The SMILES string of the molecule is Cc1cc2c3c(c1)N(c1ccc(C(C)(C)C)cc1-c1ccccc1)c1c(sc4cc5c(cc14)C(C)(C)CCC5(C)C)B3c1sc3cc4c(cc3c1N2c1ccc(C(C)(C)C)cc1-c1ccccc1)C(C)(C)CCC4(C)C. The fraction of sp³-hybridized carbons (Fsp3) is 0.352. The van der Waals surface area contributed by atoms with E-state index in [-0.39, 0.29) is 39.2 Å². The molecule has 9 aromatic rings. The van der Waals surface area contributed by atoms with Crippen LogP contribution in [-0.4, -0.2) is 6.71 Å². The lowest BCUT2D eigenvalue weighted by Crippen LogP contribution is -2.59. The number of thiophene rings is 2. The maximum atomic E-state index is 2.75. The van der Waals surface area contributed by atoms with Gasteiger partial charge < -0.3 is 9.80 Å². The molecule has 0 bridgehead atoms. The lowest BCUT2D eigenvalue weighted by atomic mass is 9.39. The highest BCUT2D eigenvalue weighted by Gasteiger charge is 2.49. The van der Waals surface area contributed by atoms with Crippen molar-refractivity contribution in [3.8, 4) is 22.3 Å². The Labute approximate surface area is 462 Å². The average Bonchev–Trinajstić information content (AvgIpc) is 4.16. The number of hydrogen-bond donors (Lipinski definition) is 0. The predicted molar refractivity (Wildman–Crippen MR) is 335 cm³/mol. The Morgan fingerprint density at radius 1 is 0.421 bits per heavy atom. The van der Waals surface area contributed by atoms with Crippen LogP contribution in [0.3, 0.4) is 0 Å². The molecule has 0 amide bonds. The van der Waals surface area contributed by atoms with E-state index in [1.165, 1.54) is 156 Å². The van der Waals surface area contributed by atoms with Gasteiger partial charge in [0.1, 0.15) is 0 Å². The van der Waals surface area contributed by atoms with Gasteiger partial charge in [-0.25, -0.2) is 0 Å². The number of hydrogen-bond acceptors (Lipinski definition) is 4. The van der Waals surface area contributed by atoms with Gasteiger partial charge in [-0.15, -0.1) is 22.7 Å². The van der Waals surface area contributed by atoms with E-state index in [0.29, 0.717) is 0 Å². The third kappa shape index (κ3) is 7.51. The first kappa shape index (κ1) is 49.7. The van der Waals surface area contributed by atoms with E-state index in [4.69, 9.17) is 0 Å². The Hall–Kier alpha value is -5.88. The van der Waals surface area contributed by atoms with Crippen LogP contribution in [0.2, 0.25) is 0 Å². The maximum absolute atomic E-state index is 2.75. The van der Waals surface area contributed by atoms with Gasteiger partial charge >= 0.3 is 0 Å². The molecule has 0 saturated carbocycles. The number of nitrogens with zero attached hydrogens (tertiary/aromatic N) is 2. The van der Waals surface area contributed by atoms with Crippen LogP contribution in [-0.2, 0) is 32.5 Å². The van der Waals surface area contributed by atoms with Crippen LogP contribution in [0.25, 0.3) is 42.4 Å². The van der Waals surface area contributed by atoms with Gasteiger partial charge in [-0.2, -0.15) is 0 Å². The second-order valence-corrected chi connectivity index (χ2v) is 30.1. The van der Waals surface area contributed by atoms with E-state index in [1.807, 2.05) is 0 Å². The second kappa shape index (κ2) is 16.6. The third-order valence-corrected chi connectivity index (χ3v) is 21.1. The van der Waals surface area contributed by atoms with Crippen molar-refractivity contribution in [1.29, 1.82) is 0 Å². The Balaban J connectivity index is 1.20. The normalized spacial score (nSPS) is 17.8. The van der Waals surface area contributed by atoms with E-state index >= 15 is 0 Å². The van der Waals surface area contributed by atoms with E-state index in [0.717, 1.165) is 0 Å². The third-order valence-electron chi connectivity index (χ3n) is 18.7. The summed E-state index contributed by atoms with van der Waals surface area (Å²) in [6.07, 6.45) is 4.73. The molecule has 0 spiro atoms. The minimum atomic E-state index is -0.0318. The Bertz CT molecular complexity index is 3620. The maximum Gasteiger partial charge on any atom is 0.277 e.